The molecule has 0 aromatic carbocycles. The van der Waals surface area contributed by atoms with Crippen molar-refractivity contribution in [1.82, 2.24) is 0 Å². The van der Waals surface area contributed by atoms with E-state index >= 15 is 0 Å². The molecule has 0 atom stereocenters. The fraction of sp³-hybridized carbons (Fsp3) is 0. The first-order valence-electron chi connectivity index (χ1n) is 0.236. The molecular formula is CuGaInSe2. The normalized spacial score (nSPS) is 0.600. The van der Waals surface area contributed by atoms with Crippen molar-refractivity contribution in [2.45, 2.75) is 0 Å². The van der Waals surface area contributed by atoms with E-state index in [0.717, 1.165) is 0 Å². The van der Waals surface area contributed by atoms with Gasteiger partial charge in [-0.15, -0.1) is 0 Å². The summed E-state index contributed by atoms with van der Waals surface area (Å²) in [6.07, 6.45) is 0. The van der Waals surface area contributed by atoms with E-state index in [1.807, 2.05) is 0 Å². The van der Waals surface area contributed by atoms with Gasteiger partial charge in [-0.3, -0.25) is 0 Å². The Hall–Kier alpha value is 3.06. The molecule has 0 aromatic heterocycles. The van der Waals surface area contributed by atoms with E-state index in [1.54, 1.807) is 16.0 Å². The van der Waals surface area contributed by atoms with Gasteiger partial charge in [-0.25, -0.2) is 0 Å². The van der Waals surface area contributed by atoms with Gasteiger partial charge < -0.3 is 0 Å². The maximum Gasteiger partial charge on any atom is 0 e. The fourth-order valence-corrected chi connectivity index (χ4v) is 0. The van der Waals surface area contributed by atoms with Crippen LogP contribution in [0.5, 0.6) is 0 Å². The van der Waals surface area contributed by atoms with Crippen LogP contribution in [0.1, 0.15) is 0 Å². The summed E-state index contributed by atoms with van der Waals surface area (Å²) >= 11 is 4.25. The Morgan fingerprint density at radius 2 is 1.20 bits per heavy atom. The quantitative estimate of drug-likeness (QED) is 0.429. The second-order valence-electron chi connectivity index (χ2n) is 0. The maximum atomic E-state index is 2.69. The molecule has 0 aliphatic rings. The van der Waals surface area contributed by atoms with Gasteiger partial charge in [-0.1, -0.05) is 0 Å². The van der Waals surface area contributed by atoms with Crippen molar-refractivity contribution in [3.05, 3.63) is 0 Å². The smallest absolute Gasteiger partial charge is 0 e. The molecule has 0 N–H and O–H groups in total. The molecule has 29 valence electrons. The Kier molecular flexibility index (Phi) is 135. The summed E-state index contributed by atoms with van der Waals surface area (Å²) in [6.45, 7) is 0. The van der Waals surface area contributed by atoms with Crippen LogP contribution in [0.3, 0.4) is 0 Å². The Balaban J connectivity index is -0.00000000167. The molecule has 0 heterocycles. The van der Waals surface area contributed by atoms with Gasteiger partial charge in [0.15, 0.2) is 0 Å². The molecule has 0 bridgehead atoms. The summed E-state index contributed by atoms with van der Waals surface area (Å²) in [4.78, 5) is 0. The van der Waals surface area contributed by atoms with Crippen LogP contribution in [-0.4, -0.2) is 72.0 Å². The number of rotatable bonds is 0. The molecule has 0 spiro atoms. The van der Waals surface area contributed by atoms with Gasteiger partial charge >= 0.3 is 29.1 Å². The molecule has 5 heteroatoms. The summed E-state index contributed by atoms with van der Waals surface area (Å²) in [5.41, 5.74) is 0. The first kappa shape index (κ1) is 24.4. The van der Waals surface area contributed by atoms with E-state index in [1.165, 1.54) is 0 Å². The zero-order chi connectivity index (χ0) is 2.00. The average Bonchev–Trinajstić information content (AvgIpc) is 1.00. The third-order valence-electron chi connectivity index (χ3n) is 0. The predicted octanol–water partition coefficient (Wildman–Crippen LogP) is -1.53. The standard InChI is InChI=1S/Cu.Ga.In.2Se. The molecule has 0 saturated heterocycles. The maximum absolute atomic E-state index is 2.69. The molecule has 0 saturated carbocycles. The average molecular weight is 406 g/mol. The Labute approximate surface area is 87.5 Å². The number of hydrogen-bond donors (Lipinski definition) is 0. The van der Waals surface area contributed by atoms with Crippen molar-refractivity contribution in [3.63, 3.8) is 0 Å². The minimum absolute atomic E-state index is 0. The Morgan fingerprint density at radius 3 is 1.20 bits per heavy atom. The van der Waals surface area contributed by atoms with Crippen LogP contribution >= 0.6 is 0 Å². The van der Waals surface area contributed by atoms with Gasteiger partial charge in [-0.2, -0.15) is 0 Å². The molecule has 7 radical (unpaired) electrons. The molecule has 0 amide bonds. The third-order valence-corrected chi connectivity index (χ3v) is 0. The molecule has 0 fully saturated rings. The molecule has 0 aliphatic carbocycles. The Morgan fingerprint density at radius 1 is 1.20 bits per heavy atom. The zero-order valence-electron chi connectivity index (χ0n) is 2.27. The molecule has 0 aliphatic heterocycles. The molecule has 0 aromatic rings. The number of hydrogen-bond acceptors (Lipinski definition) is 0. The molecule has 5 heavy (non-hydrogen) atoms. The predicted molar refractivity (Wildman–Crippen MR) is 23.0 cm³/mol. The van der Waals surface area contributed by atoms with Gasteiger partial charge in [0.05, 0.1) is 0 Å². The van der Waals surface area contributed by atoms with E-state index in [2.05, 4.69) is 13.1 Å². The van der Waals surface area contributed by atoms with E-state index in [9.17, 15) is 0 Å². The van der Waals surface area contributed by atoms with E-state index in [4.69, 9.17) is 0 Å². The van der Waals surface area contributed by atoms with Crippen LogP contribution in [0, 0.1) is 0 Å². The van der Waals surface area contributed by atoms with Gasteiger partial charge in [0.1, 0.15) is 0 Å². The summed E-state index contributed by atoms with van der Waals surface area (Å²) in [5.74, 6) is 0. The van der Waals surface area contributed by atoms with Crippen molar-refractivity contribution in [3.8, 4) is 0 Å². The van der Waals surface area contributed by atoms with Crippen molar-refractivity contribution >= 4 is 72.0 Å². The first-order chi connectivity index (χ1) is 1.00. The molecule has 0 unspecified atom stereocenters. The summed E-state index contributed by atoms with van der Waals surface area (Å²) in [6, 6.07) is 0. The van der Waals surface area contributed by atoms with Crippen LogP contribution in [0.2, 0.25) is 0 Å². The SMILES string of the molecule is [Cu].[Ga]=[Se].[In].[Se]. The van der Waals surface area contributed by atoms with Gasteiger partial charge in [0, 0.05) is 60.0 Å². The largest absolute Gasteiger partial charge is 0 e. The fourth-order valence-electron chi connectivity index (χ4n) is 0. The summed E-state index contributed by atoms with van der Waals surface area (Å²) in [5, 5.41) is 0. The van der Waals surface area contributed by atoms with Crippen LogP contribution in [-0.2, 0) is 17.1 Å². The minimum atomic E-state index is 0. The Bertz CT molecular complexity index is 9.61. The molecule has 0 rings (SSSR count). The van der Waals surface area contributed by atoms with Crippen molar-refractivity contribution < 1.29 is 17.1 Å². The summed E-state index contributed by atoms with van der Waals surface area (Å²) < 4.78 is 0. The van der Waals surface area contributed by atoms with Crippen LogP contribution in [0.25, 0.3) is 0 Å². The minimum Gasteiger partial charge on any atom is 0 e. The van der Waals surface area contributed by atoms with Gasteiger partial charge in [-0.05, 0) is 0 Å². The van der Waals surface area contributed by atoms with E-state index < -0.39 is 0 Å². The van der Waals surface area contributed by atoms with Crippen LogP contribution in [0.4, 0.5) is 0 Å². The topological polar surface area (TPSA) is 0 Å². The van der Waals surface area contributed by atoms with Crippen LogP contribution < -0.4 is 0 Å². The van der Waals surface area contributed by atoms with Crippen molar-refractivity contribution in [1.29, 1.82) is 0 Å². The van der Waals surface area contributed by atoms with Gasteiger partial charge in [0.2, 0.25) is 0 Å². The molecular weight excluding hydrogens is 406 g/mol. The second-order valence-corrected chi connectivity index (χ2v) is 0. The first-order valence-corrected chi connectivity index (χ1v) is 6.36. The summed E-state index contributed by atoms with van der Waals surface area (Å²) in [7, 11) is 0. The second kappa shape index (κ2) is 27.7. The van der Waals surface area contributed by atoms with E-state index in [0.29, 0.717) is 0 Å². The van der Waals surface area contributed by atoms with E-state index in [-0.39, 0.29) is 60.0 Å². The monoisotopic (exact) mass is 407 g/mol. The zero-order valence-corrected chi connectivity index (χ0v) is 12.4. The third kappa shape index (κ3) is 19.3. The van der Waals surface area contributed by atoms with Gasteiger partial charge in [0.25, 0.3) is 0 Å². The van der Waals surface area contributed by atoms with Crippen molar-refractivity contribution in [2.75, 3.05) is 0 Å². The van der Waals surface area contributed by atoms with Crippen molar-refractivity contribution in [2.24, 2.45) is 0 Å². The van der Waals surface area contributed by atoms with Crippen LogP contribution in [0.15, 0.2) is 0 Å². The molecule has 0 nitrogen and oxygen atoms in total.